The average Bonchev–Trinajstić information content (AvgIpc) is 2.76. The molecule has 0 aliphatic rings. The topological polar surface area (TPSA) is 66.5 Å². The van der Waals surface area contributed by atoms with Gasteiger partial charge in [-0.2, -0.15) is 4.31 Å². The van der Waals surface area contributed by atoms with Gasteiger partial charge < -0.3 is 5.32 Å². The molecular formula is C24H24ClFN2O3S. The largest absolute Gasteiger partial charge is 0.324 e. The normalized spacial score (nSPS) is 11.5. The molecule has 5 nitrogen and oxygen atoms in total. The number of carbonyl (C=O) groups excluding carboxylic acids is 1. The van der Waals surface area contributed by atoms with Crippen molar-refractivity contribution in [3.8, 4) is 0 Å². The van der Waals surface area contributed by atoms with E-state index in [9.17, 15) is 17.6 Å². The number of aryl methyl sites for hydroxylation is 2. The van der Waals surface area contributed by atoms with Gasteiger partial charge in [0.1, 0.15) is 10.7 Å². The summed E-state index contributed by atoms with van der Waals surface area (Å²) in [5.41, 5.74) is 2.97. The molecule has 8 heteroatoms. The van der Waals surface area contributed by atoms with Gasteiger partial charge in [0.05, 0.1) is 6.54 Å². The van der Waals surface area contributed by atoms with Gasteiger partial charge in [-0.25, -0.2) is 12.8 Å². The number of anilines is 1. The third kappa shape index (κ3) is 5.35. The molecule has 32 heavy (non-hydrogen) atoms. The fourth-order valence-corrected chi connectivity index (χ4v) is 5.01. The Morgan fingerprint density at radius 1 is 1.00 bits per heavy atom. The van der Waals surface area contributed by atoms with E-state index in [1.54, 1.807) is 24.3 Å². The first kappa shape index (κ1) is 23.9. The van der Waals surface area contributed by atoms with Crippen LogP contribution < -0.4 is 5.32 Å². The van der Waals surface area contributed by atoms with Gasteiger partial charge in [0, 0.05) is 17.3 Å². The highest BCUT2D eigenvalue weighted by Gasteiger charge is 2.30. The maximum atomic E-state index is 14.4. The van der Waals surface area contributed by atoms with E-state index in [4.69, 9.17) is 11.6 Å². The number of sulfonamides is 1. The zero-order valence-electron chi connectivity index (χ0n) is 17.8. The van der Waals surface area contributed by atoms with Crippen molar-refractivity contribution < 1.29 is 17.6 Å². The van der Waals surface area contributed by atoms with Crippen LogP contribution in [0.15, 0.2) is 71.6 Å². The predicted octanol–water partition coefficient (Wildman–Crippen LogP) is 5.18. The van der Waals surface area contributed by atoms with Crippen LogP contribution in [0.2, 0.25) is 5.02 Å². The van der Waals surface area contributed by atoms with Crippen LogP contribution in [0.5, 0.6) is 0 Å². The summed E-state index contributed by atoms with van der Waals surface area (Å²) in [7, 11) is -4.32. The zero-order valence-corrected chi connectivity index (χ0v) is 19.4. The monoisotopic (exact) mass is 474 g/mol. The van der Waals surface area contributed by atoms with E-state index >= 15 is 0 Å². The van der Waals surface area contributed by atoms with Gasteiger partial charge in [-0.15, -0.1) is 0 Å². The van der Waals surface area contributed by atoms with E-state index in [0.29, 0.717) is 22.7 Å². The van der Waals surface area contributed by atoms with Crippen molar-refractivity contribution in [2.24, 2.45) is 0 Å². The summed E-state index contributed by atoms with van der Waals surface area (Å²) in [6, 6.07) is 17.5. The SMILES string of the molecule is CCc1cccc(C)c1NC(=O)CN(Cc1ccccc1Cl)S(=O)(=O)c1ccccc1F. The fourth-order valence-electron chi connectivity index (χ4n) is 3.38. The molecule has 0 aliphatic carbocycles. The fraction of sp³-hybridized carbons (Fsp3) is 0.208. The van der Waals surface area contributed by atoms with Gasteiger partial charge in [-0.3, -0.25) is 4.79 Å². The molecule has 3 aromatic carbocycles. The Morgan fingerprint density at radius 3 is 2.34 bits per heavy atom. The number of para-hydroxylation sites is 1. The first-order chi connectivity index (χ1) is 15.2. The van der Waals surface area contributed by atoms with Crippen molar-refractivity contribution in [1.82, 2.24) is 4.31 Å². The highest BCUT2D eigenvalue weighted by Crippen LogP contribution is 2.25. The van der Waals surface area contributed by atoms with Gasteiger partial charge in [0.25, 0.3) is 0 Å². The molecule has 1 N–H and O–H groups in total. The molecular weight excluding hydrogens is 451 g/mol. The Labute approximate surface area is 192 Å². The molecule has 0 aliphatic heterocycles. The number of benzene rings is 3. The van der Waals surface area contributed by atoms with Crippen LogP contribution in [0.4, 0.5) is 10.1 Å². The lowest BCUT2D eigenvalue weighted by atomic mass is 10.1. The Hall–Kier alpha value is -2.74. The van der Waals surface area contributed by atoms with Crippen molar-refractivity contribution in [3.05, 3.63) is 94.3 Å². The number of rotatable bonds is 8. The highest BCUT2D eigenvalue weighted by molar-refractivity contribution is 7.89. The summed E-state index contributed by atoms with van der Waals surface area (Å²) in [5.74, 6) is -1.41. The molecule has 0 aromatic heterocycles. The summed E-state index contributed by atoms with van der Waals surface area (Å²) in [5, 5.41) is 3.18. The van der Waals surface area contributed by atoms with Crippen LogP contribution in [-0.4, -0.2) is 25.2 Å². The maximum absolute atomic E-state index is 14.4. The second-order valence-corrected chi connectivity index (χ2v) is 9.62. The summed E-state index contributed by atoms with van der Waals surface area (Å²) in [6.45, 7) is 3.15. The Balaban J connectivity index is 1.95. The molecule has 0 radical (unpaired) electrons. The number of hydrogen-bond donors (Lipinski definition) is 1. The average molecular weight is 475 g/mol. The van der Waals surface area contributed by atoms with E-state index in [0.717, 1.165) is 21.5 Å². The van der Waals surface area contributed by atoms with Gasteiger partial charge in [-0.1, -0.05) is 67.1 Å². The van der Waals surface area contributed by atoms with Gasteiger partial charge in [0.2, 0.25) is 15.9 Å². The Kier molecular flexibility index (Phi) is 7.66. The van der Waals surface area contributed by atoms with E-state index in [1.165, 1.54) is 18.2 Å². The summed E-state index contributed by atoms with van der Waals surface area (Å²) in [4.78, 5) is 12.4. The Morgan fingerprint density at radius 2 is 1.66 bits per heavy atom. The lowest BCUT2D eigenvalue weighted by Gasteiger charge is -2.23. The number of nitrogens with zero attached hydrogens (tertiary/aromatic N) is 1. The van der Waals surface area contributed by atoms with Crippen LogP contribution in [0, 0.1) is 12.7 Å². The highest BCUT2D eigenvalue weighted by atomic mass is 35.5. The van der Waals surface area contributed by atoms with E-state index in [1.807, 2.05) is 32.0 Å². The van der Waals surface area contributed by atoms with Gasteiger partial charge >= 0.3 is 0 Å². The molecule has 3 aromatic rings. The number of halogens is 2. The molecule has 0 spiro atoms. The molecule has 0 saturated heterocycles. The maximum Gasteiger partial charge on any atom is 0.246 e. The second-order valence-electron chi connectivity index (χ2n) is 7.31. The van der Waals surface area contributed by atoms with Crippen molar-refractivity contribution in [3.63, 3.8) is 0 Å². The van der Waals surface area contributed by atoms with Crippen molar-refractivity contribution in [2.45, 2.75) is 31.7 Å². The minimum atomic E-state index is -4.32. The molecule has 0 saturated carbocycles. The van der Waals surface area contributed by atoms with E-state index < -0.39 is 33.2 Å². The molecule has 0 bridgehead atoms. The van der Waals surface area contributed by atoms with Crippen molar-refractivity contribution in [2.75, 3.05) is 11.9 Å². The molecule has 1 amide bonds. The van der Waals surface area contributed by atoms with Crippen LogP contribution in [0.1, 0.15) is 23.6 Å². The van der Waals surface area contributed by atoms with Crippen LogP contribution in [0.3, 0.4) is 0 Å². The standard InChI is InChI=1S/C24H24ClFN2O3S/c1-3-18-11-8-9-17(2)24(18)27-23(29)16-28(15-19-10-4-5-12-20(19)25)32(30,31)22-14-7-6-13-21(22)26/h4-14H,3,15-16H2,1-2H3,(H,27,29). The van der Waals surface area contributed by atoms with Crippen LogP contribution in [-0.2, 0) is 27.8 Å². The third-order valence-corrected chi connectivity index (χ3v) is 7.28. The molecule has 168 valence electrons. The van der Waals surface area contributed by atoms with Crippen LogP contribution in [0.25, 0.3) is 0 Å². The first-order valence-corrected chi connectivity index (χ1v) is 11.9. The number of nitrogens with one attached hydrogen (secondary N) is 1. The quantitative estimate of drug-likeness (QED) is 0.489. The molecule has 3 rings (SSSR count). The third-order valence-electron chi connectivity index (χ3n) is 5.08. The summed E-state index contributed by atoms with van der Waals surface area (Å²) in [6.07, 6.45) is 0.703. The molecule has 0 heterocycles. The molecule has 0 fully saturated rings. The minimum Gasteiger partial charge on any atom is -0.324 e. The summed E-state index contributed by atoms with van der Waals surface area (Å²) >= 11 is 6.23. The molecule has 0 atom stereocenters. The van der Waals surface area contributed by atoms with Gasteiger partial charge in [0.15, 0.2) is 0 Å². The lowest BCUT2D eigenvalue weighted by Crippen LogP contribution is -2.38. The number of amides is 1. The second kappa shape index (κ2) is 10.3. The number of hydrogen-bond acceptors (Lipinski definition) is 3. The predicted molar refractivity (Wildman–Crippen MR) is 125 cm³/mol. The van der Waals surface area contributed by atoms with Crippen molar-refractivity contribution in [1.29, 1.82) is 0 Å². The molecule has 0 unspecified atom stereocenters. The van der Waals surface area contributed by atoms with Crippen molar-refractivity contribution >= 4 is 33.2 Å². The number of carbonyl (C=O) groups is 1. The Bertz CT molecular complexity index is 1230. The smallest absolute Gasteiger partial charge is 0.246 e. The van der Waals surface area contributed by atoms with E-state index in [-0.39, 0.29) is 6.54 Å². The summed E-state index contributed by atoms with van der Waals surface area (Å²) < 4.78 is 41.9. The van der Waals surface area contributed by atoms with Crippen LogP contribution >= 0.6 is 11.6 Å². The zero-order chi connectivity index (χ0) is 23.3. The first-order valence-electron chi connectivity index (χ1n) is 10.1. The lowest BCUT2D eigenvalue weighted by molar-refractivity contribution is -0.116. The van der Waals surface area contributed by atoms with Gasteiger partial charge in [-0.05, 0) is 48.2 Å². The van der Waals surface area contributed by atoms with E-state index in [2.05, 4.69) is 5.32 Å². The minimum absolute atomic E-state index is 0.182.